The number of hydrogen-bond donors (Lipinski definition) is 1. The molecule has 0 atom stereocenters. The van der Waals surface area contributed by atoms with E-state index in [2.05, 4.69) is 5.43 Å². The number of halogens is 4. The summed E-state index contributed by atoms with van der Waals surface area (Å²) in [5.74, 6) is -1.06. The quantitative estimate of drug-likeness (QED) is 0.445. The van der Waals surface area contributed by atoms with E-state index in [1.54, 1.807) is 24.3 Å². The molecule has 0 bridgehead atoms. The van der Waals surface area contributed by atoms with Gasteiger partial charge in [0.05, 0.1) is 15.5 Å². The molecule has 1 aliphatic rings. The zero-order chi connectivity index (χ0) is 19.7. The number of carbonyl (C=O) groups excluding carboxylic acids is 2. The van der Waals surface area contributed by atoms with Gasteiger partial charge in [0.1, 0.15) is 0 Å². The number of thiocarbonyl (C=S) groups is 1. The van der Waals surface area contributed by atoms with Crippen LogP contribution in [0.25, 0.3) is 6.08 Å². The van der Waals surface area contributed by atoms with E-state index in [1.165, 1.54) is 18.2 Å². The molecule has 1 saturated heterocycles. The van der Waals surface area contributed by atoms with Gasteiger partial charge in [0.25, 0.3) is 11.8 Å². The Morgan fingerprint density at radius 1 is 1.04 bits per heavy atom. The SMILES string of the molecule is O=C(NN1C(=O)/C(=C/c2ccc(Cl)cc2Cl)SC1=S)c1ccc(Cl)cc1Cl. The molecule has 1 aliphatic heterocycles. The Labute approximate surface area is 184 Å². The van der Waals surface area contributed by atoms with Crippen LogP contribution in [0.15, 0.2) is 41.3 Å². The zero-order valence-electron chi connectivity index (χ0n) is 13.1. The molecule has 1 fully saturated rings. The fraction of sp³-hybridized carbons (Fsp3) is 0. The van der Waals surface area contributed by atoms with Gasteiger partial charge in [-0.3, -0.25) is 15.0 Å². The van der Waals surface area contributed by atoms with Gasteiger partial charge in [0, 0.05) is 15.1 Å². The Morgan fingerprint density at radius 3 is 2.30 bits per heavy atom. The molecule has 2 amide bonds. The van der Waals surface area contributed by atoms with Gasteiger partial charge in [-0.25, -0.2) is 0 Å². The van der Waals surface area contributed by atoms with Crippen molar-refractivity contribution >= 4 is 92.6 Å². The number of amides is 2. The van der Waals surface area contributed by atoms with E-state index in [1.807, 2.05) is 0 Å². The van der Waals surface area contributed by atoms with Crippen molar-refractivity contribution in [3.63, 3.8) is 0 Å². The summed E-state index contributed by atoms with van der Waals surface area (Å²) in [6.07, 6.45) is 1.58. The molecule has 0 aromatic heterocycles. The van der Waals surface area contributed by atoms with Crippen molar-refractivity contribution in [1.82, 2.24) is 10.4 Å². The third-order valence-electron chi connectivity index (χ3n) is 3.43. The van der Waals surface area contributed by atoms with E-state index in [0.29, 0.717) is 25.5 Å². The number of hydrogen-bond acceptors (Lipinski definition) is 4. The Hall–Kier alpha value is -1.28. The summed E-state index contributed by atoms with van der Waals surface area (Å²) < 4.78 is 0.176. The van der Waals surface area contributed by atoms with Crippen LogP contribution in [0.2, 0.25) is 20.1 Å². The Bertz CT molecular complexity index is 1010. The number of carbonyl (C=O) groups is 2. The topological polar surface area (TPSA) is 49.4 Å². The van der Waals surface area contributed by atoms with Crippen LogP contribution in [0.1, 0.15) is 15.9 Å². The molecule has 0 spiro atoms. The second-order valence-electron chi connectivity index (χ2n) is 5.25. The van der Waals surface area contributed by atoms with E-state index in [-0.39, 0.29) is 14.9 Å². The predicted molar refractivity (Wildman–Crippen MR) is 115 cm³/mol. The average molecular weight is 478 g/mol. The molecule has 0 unspecified atom stereocenters. The van der Waals surface area contributed by atoms with E-state index < -0.39 is 11.8 Å². The molecular formula is C17H8Cl4N2O2S2. The molecule has 0 radical (unpaired) electrons. The largest absolute Gasteiger partial charge is 0.285 e. The van der Waals surface area contributed by atoms with E-state index in [9.17, 15) is 9.59 Å². The molecule has 10 heteroatoms. The highest BCUT2D eigenvalue weighted by molar-refractivity contribution is 8.26. The molecule has 2 aromatic carbocycles. The second kappa shape index (κ2) is 8.39. The Morgan fingerprint density at radius 2 is 1.67 bits per heavy atom. The van der Waals surface area contributed by atoms with Crippen LogP contribution < -0.4 is 5.43 Å². The van der Waals surface area contributed by atoms with Gasteiger partial charge in [0.2, 0.25) is 0 Å². The van der Waals surface area contributed by atoms with Crippen molar-refractivity contribution in [3.05, 3.63) is 72.5 Å². The number of thioether (sulfide) groups is 1. The molecule has 1 N–H and O–H groups in total. The highest BCUT2D eigenvalue weighted by Gasteiger charge is 2.34. The van der Waals surface area contributed by atoms with E-state index in [0.717, 1.165) is 16.8 Å². The summed E-state index contributed by atoms with van der Waals surface area (Å²) in [4.78, 5) is 25.4. The first-order chi connectivity index (χ1) is 12.8. The normalized spacial score (nSPS) is 15.6. The summed E-state index contributed by atoms with van der Waals surface area (Å²) in [5.41, 5.74) is 3.23. The van der Waals surface area contributed by atoms with Gasteiger partial charge in [-0.2, -0.15) is 5.01 Å². The van der Waals surface area contributed by atoms with Crippen molar-refractivity contribution in [2.24, 2.45) is 0 Å². The van der Waals surface area contributed by atoms with Crippen LogP contribution in [0.5, 0.6) is 0 Å². The van der Waals surface area contributed by atoms with Crippen molar-refractivity contribution in [2.75, 3.05) is 0 Å². The third kappa shape index (κ3) is 4.59. The third-order valence-corrected chi connectivity index (χ3v) is 5.84. The monoisotopic (exact) mass is 476 g/mol. The van der Waals surface area contributed by atoms with Gasteiger partial charge in [-0.05, 0) is 54.2 Å². The lowest BCUT2D eigenvalue weighted by molar-refractivity contribution is -0.123. The van der Waals surface area contributed by atoms with Crippen molar-refractivity contribution in [3.8, 4) is 0 Å². The second-order valence-corrected chi connectivity index (χ2v) is 8.61. The lowest BCUT2D eigenvalue weighted by Crippen LogP contribution is -2.44. The molecule has 1 heterocycles. The average Bonchev–Trinajstić information content (AvgIpc) is 2.84. The first-order valence-corrected chi connectivity index (χ1v) is 9.99. The van der Waals surface area contributed by atoms with E-state index >= 15 is 0 Å². The van der Waals surface area contributed by atoms with Crippen LogP contribution in [0.3, 0.4) is 0 Å². The minimum atomic E-state index is -0.584. The van der Waals surface area contributed by atoms with E-state index in [4.69, 9.17) is 58.6 Å². The summed E-state index contributed by atoms with van der Waals surface area (Å²) in [7, 11) is 0. The van der Waals surface area contributed by atoms with Gasteiger partial charge in [-0.15, -0.1) is 0 Å². The minimum absolute atomic E-state index is 0.161. The summed E-state index contributed by atoms with van der Waals surface area (Å²) in [5, 5.41) is 2.42. The van der Waals surface area contributed by atoms with Gasteiger partial charge < -0.3 is 0 Å². The lowest BCUT2D eigenvalue weighted by Gasteiger charge is -2.16. The van der Waals surface area contributed by atoms with Crippen molar-refractivity contribution < 1.29 is 9.59 Å². The standard InChI is InChI=1S/C17H8Cl4N2O2S2/c18-9-2-1-8(12(20)6-9)5-14-16(25)23(17(26)27-14)22-15(24)11-4-3-10(19)7-13(11)21/h1-7H,(H,22,24)/b14-5-. The summed E-state index contributed by atoms with van der Waals surface area (Å²) in [6, 6.07) is 9.33. The number of rotatable bonds is 3. The molecule has 4 nitrogen and oxygen atoms in total. The minimum Gasteiger partial charge on any atom is -0.267 e. The number of benzene rings is 2. The van der Waals surface area contributed by atoms with Gasteiger partial charge in [-0.1, -0.05) is 64.2 Å². The zero-order valence-corrected chi connectivity index (χ0v) is 17.8. The molecular weight excluding hydrogens is 470 g/mol. The molecule has 0 aliphatic carbocycles. The maximum Gasteiger partial charge on any atom is 0.285 e. The summed E-state index contributed by atoms with van der Waals surface area (Å²) >= 11 is 30.1. The highest BCUT2D eigenvalue weighted by atomic mass is 35.5. The maximum absolute atomic E-state index is 12.6. The van der Waals surface area contributed by atoms with Crippen LogP contribution in [0, 0.1) is 0 Å². The fourth-order valence-electron chi connectivity index (χ4n) is 2.16. The van der Waals surface area contributed by atoms with Crippen LogP contribution in [-0.2, 0) is 4.79 Å². The smallest absolute Gasteiger partial charge is 0.267 e. The molecule has 0 saturated carbocycles. The molecule has 2 aromatic rings. The number of nitrogens with zero attached hydrogens (tertiary/aromatic N) is 1. The van der Waals surface area contributed by atoms with Crippen LogP contribution in [-0.4, -0.2) is 21.1 Å². The lowest BCUT2D eigenvalue weighted by atomic mass is 10.2. The Balaban J connectivity index is 1.82. The van der Waals surface area contributed by atoms with Crippen LogP contribution >= 0.6 is 70.4 Å². The fourth-order valence-corrected chi connectivity index (χ4v) is 4.29. The van der Waals surface area contributed by atoms with Gasteiger partial charge in [0.15, 0.2) is 4.32 Å². The number of nitrogens with one attached hydrogen (secondary N) is 1. The van der Waals surface area contributed by atoms with Crippen LogP contribution in [0.4, 0.5) is 0 Å². The first-order valence-electron chi connectivity index (χ1n) is 7.25. The summed E-state index contributed by atoms with van der Waals surface area (Å²) in [6.45, 7) is 0. The van der Waals surface area contributed by atoms with Crippen molar-refractivity contribution in [1.29, 1.82) is 0 Å². The number of hydrazine groups is 1. The van der Waals surface area contributed by atoms with Gasteiger partial charge >= 0.3 is 0 Å². The Kier molecular flexibility index (Phi) is 6.35. The molecule has 138 valence electrons. The molecule has 27 heavy (non-hydrogen) atoms. The first kappa shape index (κ1) is 20.5. The molecule has 3 rings (SSSR count). The highest BCUT2D eigenvalue weighted by Crippen LogP contribution is 2.33. The predicted octanol–water partition coefficient (Wildman–Crippen LogP) is 5.85. The maximum atomic E-state index is 12.6. The van der Waals surface area contributed by atoms with Crippen molar-refractivity contribution in [2.45, 2.75) is 0 Å².